The molecule has 0 heterocycles. The normalized spacial score (nSPS) is 11.4. The van der Waals surface area contributed by atoms with Crippen LogP contribution in [-0.2, 0) is 10.0 Å². The fraction of sp³-hybridized carbons (Fsp3) is 0. The first-order chi connectivity index (χ1) is 9.70. The molecule has 9 heteroatoms. The Balaban J connectivity index is 2.47. The zero-order chi connectivity index (χ0) is 15.8. The van der Waals surface area contributed by atoms with E-state index in [2.05, 4.69) is 0 Å². The van der Waals surface area contributed by atoms with Crippen molar-refractivity contribution in [1.29, 1.82) is 0 Å². The number of nitrogens with two attached hydrogens (primary N) is 1. The molecule has 0 aromatic heterocycles. The van der Waals surface area contributed by atoms with Crippen LogP contribution in [-0.4, -0.2) is 8.42 Å². The van der Waals surface area contributed by atoms with Gasteiger partial charge in [0, 0.05) is 17.2 Å². The number of sulfonamides is 1. The maximum Gasteiger partial charge on any atom is 0.264 e. The Morgan fingerprint density at radius 3 is 2.14 bits per heavy atom. The molecule has 0 bridgehead atoms. The van der Waals surface area contributed by atoms with Crippen LogP contribution in [0, 0.1) is 17.5 Å². The summed E-state index contributed by atoms with van der Waals surface area (Å²) in [5.41, 5.74) is 4.32. The number of benzene rings is 2. The molecule has 2 aromatic carbocycles. The minimum atomic E-state index is -4.35. The zero-order valence-electron chi connectivity index (χ0n) is 10.2. The van der Waals surface area contributed by atoms with E-state index >= 15 is 0 Å². The first-order valence-electron chi connectivity index (χ1n) is 5.43. The lowest BCUT2D eigenvalue weighted by atomic mass is 10.3. The Morgan fingerprint density at radius 1 is 1.05 bits per heavy atom. The molecule has 21 heavy (non-hydrogen) atoms. The van der Waals surface area contributed by atoms with Gasteiger partial charge in [-0.15, -0.1) is 0 Å². The summed E-state index contributed by atoms with van der Waals surface area (Å²) >= 11 is 5.64. The van der Waals surface area contributed by atoms with Crippen molar-refractivity contribution in [1.82, 2.24) is 0 Å². The van der Waals surface area contributed by atoms with Gasteiger partial charge in [0.2, 0.25) is 0 Å². The maximum absolute atomic E-state index is 13.5. The number of nitrogen functional groups attached to an aromatic ring is 1. The van der Waals surface area contributed by atoms with Gasteiger partial charge in [-0.25, -0.2) is 21.6 Å². The average Bonchev–Trinajstić information content (AvgIpc) is 2.33. The van der Waals surface area contributed by atoms with Gasteiger partial charge in [0.1, 0.15) is 16.4 Å². The Morgan fingerprint density at radius 2 is 1.62 bits per heavy atom. The molecule has 112 valence electrons. The summed E-state index contributed by atoms with van der Waals surface area (Å²) < 4.78 is 65.5. The topological polar surface area (TPSA) is 72.2 Å². The molecule has 0 unspecified atom stereocenters. The molecule has 0 radical (unpaired) electrons. The zero-order valence-corrected chi connectivity index (χ0v) is 11.8. The van der Waals surface area contributed by atoms with Crippen LogP contribution in [0.1, 0.15) is 0 Å². The first kappa shape index (κ1) is 15.5. The summed E-state index contributed by atoms with van der Waals surface area (Å²) in [5, 5.41) is 0.200. The molecule has 0 aliphatic rings. The Labute approximate surface area is 123 Å². The van der Waals surface area contributed by atoms with Crippen molar-refractivity contribution in [3.8, 4) is 0 Å². The van der Waals surface area contributed by atoms with E-state index in [1.54, 1.807) is 4.72 Å². The number of anilines is 2. The van der Waals surface area contributed by atoms with E-state index in [-0.39, 0.29) is 10.7 Å². The van der Waals surface area contributed by atoms with Crippen LogP contribution in [0.5, 0.6) is 0 Å². The minimum Gasteiger partial charge on any atom is -0.398 e. The summed E-state index contributed by atoms with van der Waals surface area (Å²) in [4.78, 5) is -0.407. The molecular weight excluding hydrogens is 329 g/mol. The standard InChI is InChI=1S/C12H8ClF3N2O2S/c13-6-1-2-11(10(17)3-6)21(19,20)18-12-8(15)4-7(14)5-9(12)16/h1-5,18H,17H2. The van der Waals surface area contributed by atoms with E-state index in [1.807, 2.05) is 0 Å². The largest absolute Gasteiger partial charge is 0.398 e. The number of halogens is 4. The van der Waals surface area contributed by atoms with E-state index in [9.17, 15) is 21.6 Å². The summed E-state index contributed by atoms with van der Waals surface area (Å²) in [5.74, 6) is -3.94. The van der Waals surface area contributed by atoms with Crippen LogP contribution in [0.2, 0.25) is 5.02 Å². The van der Waals surface area contributed by atoms with Crippen molar-refractivity contribution < 1.29 is 21.6 Å². The van der Waals surface area contributed by atoms with Crippen molar-refractivity contribution >= 4 is 33.0 Å². The van der Waals surface area contributed by atoms with E-state index < -0.39 is 38.1 Å². The van der Waals surface area contributed by atoms with Crippen LogP contribution < -0.4 is 10.5 Å². The van der Waals surface area contributed by atoms with Gasteiger partial charge in [0.25, 0.3) is 10.0 Å². The molecule has 0 saturated heterocycles. The lowest BCUT2D eigenvalue weighted by Crippen LogP contribution is -2.17. The molecule has 0 aliphatic heterocycles. The second-order valence-corrected chi connectivity index (χ2v) is 6.12. The van der Waals surface area contributed by atoms with Gasteiger partial charge in [0.15, 0.2) is 11.6 Å². The highest BCUT2D eigenvalue weighted by molar-refractivity contribution is 7.92. The fourth-order valence-corrected chi connectivity index (χ4v) is 2.96. The summed E-state index contributed by atoms with van der Waals surface area (Å²) in [6.45, 7) is 0. The minimum absolute atomic E-state index is 0.196. The van der Waals surface area contributed by atoms with Gasteiger partial charge in [0.05, 0.1) is 5.69 Å². The molecule has 0 saturated carbocycles. The molecular formula is C12H8ClF3N2O2S. The van der Waals surface area contributed by atoms with Gasteiger partial charge in [-0.2, -0.15) is 0 Å². The summed E-state index contributed by atoms with van der Waals surface area (Å²) in [6.07, 6.45) is 0. The van der Waals surface area contributed by atoms with Crippen molar-refractivity contribution in [3.63, 3.8) is 0 Å². The monoisotopic (exact) mass is 336 g/mol. The Kier molecular flexibility index (Phi) is 4.02. The van der Waals surface area contributed by atoms with Gasteiger partial charge < -0.3 is 5.73 Å². The molecule has 0 aliphatic carbocycles. The number of hydrogen-bond donors (Lipinski definition) is 2. The van der Waals surface area contributed by atoms with Crippen LogP contribution in [0.15, 0.2) is 35.2 Å². The van der Waals surface area contributed by atoms with E-state index in [4.69, 9.17) is 17.3 Å². The highest BCUT2D eigenvalue weighted by atomic mass is 35.5. The molecule has 3 N–H and O–H groups in total. The molecule has 0 fully saturated rings. The second kappa shape index (κ2) is 5.45. The Hall–Kier alpha value is -1.93. The van der Waals surface area contributed by atoms with E-state index in [0.29, 0.717) is 12.1 Å². The average molecular weight is 337 g/mol. The lowest BCUT2D eigenvalue weighted by molar-refractivity contribution is 0.547. The van der Waals surface area contributed by atoms with E-state index in [0.717, 1.165) is 6.07 Å². The van der Waals surface area contributed by atoms with Gasteiger partial charge in [-0.05, 0) is 18.2 Å². The van der Waals surface area contributed by atoms with Crippen molar-refractivity contribution in [3.05, 3.63) is 52.8 Å². The quantitative estimate of drug-likeness (QED) is 0.846. The number of rotatable bonds is 3. The fourth-order valence-electron chi connectivity index (χ4n) is 1.59. The third-order valence-corrected chi connectivity index (χ3v) is 4.16. The second-order valence-electron chi connectivity index (χ2n) is 4.03. The van der Waals surface area contributed by atoms with Crippen LogP contribution in [0.4, 0.5) is 24.5 Å². The summed E-state index contributed by atoms with van der Waals surface area (Å²) in [7, 11) is -4.35. The molecule has 0 spiro atoms. The lowest BCUT2D eigenvalue weighted by Gasteiger charge is -2.11. The van der Waals surface area contributed by atoms with Crippen molar-refractivity contribution in [2.45, 2.75) is 4.90 Å². The smallest absolute Gasteiger partial charge is 0.264 e. The highest BCUT2D eigenvalue weighted by Crippen LogP contribution is 2.27. The summed E-state index contributed by atoms with van der Waals surface area (Å²) in [6, 6.07) is 4.22. The third-order valence-electron chi connectivity index (χ3n) is 2.50. The molecule has 0 amide bonds. The highest BCUT2D eigenvalue weighted by Gasteiger charge is 2.22. The SMILES string of the molecule is Nc1cc(Cl)ccc1S(=O)(=O)Nc1c(F)cc(F)cc1F. The van der Waals surface area contributed by atoms with Crippen LogP contribution in [0.25, 0.3) is 0 Å². The van der Waals surface area contributed by atoms with Gasteiger partial charge in [-0.3, -0.25) is 4.72 Å². The number of nitrogens with one attached hydrogen (secondary N) is 1. The molecule has 4 nitrogen and oxygen atoms in total. The molecule has 2 aromatic rings. The Bertz CT molecular complexity index is 789. The molecule has 0 atom stereocenters. The number of hydrogen-bond acceptors (Lipinski definition) is 3. The molecule has 2 rings (SSSR count). The van der Waals surface area contributed by atoms with Crippen LogP contribution >= 0.6 is 11.6 Å². The van der Waals surface area contributed by atoms with Gasteiger partial charge >= 0.3 is 0 Å². The predicted molar refractivity (Wildman–Crippen MR) is 73.0 cm³/mol. The van der Waals surface area contributed by atoms with Crippen molar-refractivity contribution in [2.24, 2.45) is 0 Å². The van der Waals surface area contributed by atoms with Crippen molar-refractivity contribution in [2.75, 3.05) is 10.5 Å². The van der Waals surface area contributed by atoms with Gasteiger partial charge in [-0.1, -0.05) is 11.6 Å². The first-order valence-corrected chi connectivity index (χ1v) is 7.29. The third kappa shape index (κ3) is 3.22. The maximum atomic E-state index is 13.5. The van der Waals surface area contributed by atoms with Crippen LogP contribution in [0.3, 0.4) is 0 Å². The predicted octanol–water partition coefficient (Wildman–Crippen LogP) is 3.14. The van der Waals surface area contributed by atoms with E-state index in [1.165, 1.54) is 12.1 Å².